The van der Waals surface area contributed by atoms with E-state index in [1.807, 2.05) is 23.9 Å². The maximum absolute atomic E-state index is 5.67. The molecule has 4 nitrogen and oxygen atoms in total. The highest BCUT2D eigenvalue weighted by Crippen LogP contribution is 2.32. The topological polar surface area (TPSA) is 53.1 Å². The Morgan fingerprint density at radius 2 is 1.89 bits per heavy atom. The van der Waals surface area contributed by atoms with Gasteiger partial charge in [-0.05, 0) is 43.2 Å². The highest BCUT2D eigenvalue weighted by Gasteiger charge is 2.12. The van der Waals surface area contributed by atoms with E-state index in [4.69, 9.17) is 10.5 Å². The van der Waals surface area contributed by atoms with Crippen LogP contribution in [-0.4, -0.2) is 16.9 Å². The third-order valence-electron chi connectivity index (χ3n) is 3.28. The molecule has 1 aromatic heterocycles. The van der Waals surface area contributed by atoms with Gasteiger partial charge in [-0.3, -0.25) is 4.68 Å². The second-order valence-electron chi connectivity index (χ2n) is 4.49. The number of aromatic nitrogens is 2. The zero-order chi connectivity index (χ0) is 13.3. The van der Waals surface area contributed by atoms with Crippen molar-refractivity contribution in [1.29, 1.82) is 0 Å². The summed E-state index contributed by atoms with van der Waals surface area (Å²) in [5, 5.41) is 4.49. The number of nitrogens with zero attached hydrogens (tertiary/aromatic N) is 2. The summed E-state index contributed by atoms with van der Waals surface area (Å²) in [6.45, 7) is 4.65. The quantitative estimate of drug-likeness (QED) is 0.901. The summed E-state index contributed by atoms with van der Waals surface area (Å²) in [7, 11) is 3.58. The molecule has 0 radical (unpaired) electrons. The first-order valence-corrected chi connectivity index (χ1v) is 5.95. The summed E-state index contributed by atoms with van der Waals surface area (Å²) in [5.74, 6) is 0.847. The molecule has 18 heavy (non-hydrogen) atoms. The summed E-state index contributed by atoms with van der Waals surface area (Å²) >= 11 is 0. The average Bonchev–Trinajstić information content (AvgIpc) is 2.73. The molecule has 0 unspecified atom stereocenters. The van der Waals surface area contributed by atoms with E-state index in [-0.39, 0.29) is 0 Å². The van der Waals surface area contributed by atoms with Crippen molar-refractivity contribution in [3.63, 3.8) is 0 Å². The largest absolute Gasteiger partial charge is 0.496 e. The van der Waals surface area contributed by atoms with Crippen molar-refractivity contribution < 1.29 is 4.74 Å². The summed E-state index contributed by atoms with van der Waals surface area (Å²) in [6, 6.07) is 6.16. The Labute approximate surface area is 107 Å². The number of aryl methyl sites for hydroxylation is 3. The SMILES string of the molecule is COc1cc(C)c(C)cc1-c1cc(CN)n(C)n1. The highest BCUT2D eigenvalue weighted by molar-refractivity contribution is 5.69. The smallest absolute Gasteiger partial charge is 0.128 e. The van der Waals surface area contributed by atoms with E-state index < -0.39 is 0 Å². The predicted molar refractivity (Wildman–Crippen MR) is 72.6 cm³/mol. The van der Waals surface area contributed by atoms with Gasteiger partial charge in [0.2, 0.25) is 0 Å². The van der Waals surface area contributed by atoms with Crippen LogP contribution in [0.1, 0.15) is 16.8 Å². The minimum absolute atomic E-state index is 0.483. The molecule has 0 spiro atoms. The fourth-order valence-electron chi connectivity index (χ4n) is 1.99. The molecule has 0 atom stereocenters. The summed E-state index contributed by atoms with van der Waals surface area (Å²) in [4.78, 5) is 0. The van der Waals surface area contributed by atoms with Gasteiger partial charge in [-0.25, -0.2) is 0 Å². The Kier molecular flexibility index (Phi) is 3.39. The first-order chi connectivity index (χ1) is 8.56. The third-order valence-corrected chi connectivity index (χ3v) is 3.28. The van der Waals surface area contributed by atoms with E-state index in [0.717, 1.165) is 22.7 Å². The lowest BCUT2D eigenvalue weighted by atomic mass is 10.0. The molecule has 0 amide bonds. The van der Waals surface area contributed by atoms with Gasteiger partial charge in [0.15, 0.2) is 0 Å². The van der Waals surface area contributed by atoms with Crippen LogP contribution in [0, 0.1) is 13.8 Å². The zero-order valence-corrected chi connectivity index (χ0v) is 11.3. The van der Waals surface area contributed by atoms with Gasteiger partial charge in [0.1, 0.15) is 5.75 Å². The number of methoxy groups -OCH3 is 1. The molecule has 0 saturated carbocycles. The molecule has 0 bridgehead atoms. The van der Waals surface area contributed by atoms with Crippen molar-refractivity contribution in [2.45, 2.75) is 20.4 Å². The lowest BCUT2D eigenvalue weighted by molar-refractivity contribution is 0.416. The van der Waals surface area contributed by atoms with Gasteiger partial charge in [0, 0.05) is 19.2 Å². The lowest BCUT2D eigenvalue weighted by Gasteiger charge is -2.09. The van der Waals surface area contributed by atoms with Crippen LogP contribution in [0.4, 0.5) is 0 Å². The summed E-state index contributed by atoms with van der Waals surface area (Å²) < 4.78 is 7.25. The molecule has 1 aromatic carbocycles. The average molecular weight is 245 g/mol. The predicted octanol–water partition coefficient (Wildman–Crippen LogP) is 2.17. The van der Waals surface area contributed by atoms with Gasteiger partial charge in [-0.2, -0.15) is 5.10 Å². The Balaban J connectivity index is 2.58. The lowest BCUT2D eigenvalue weighted by Crippen LogP contribution is -2.03. The minimum atomic E-state index is 0.483. The minimum Gasteiger partial charge on any atom is -0.496 e. The van der Waals surface area contributed by atoms with E-state index >= 15 is 0 Å². The fourth-order valence-corrected chi connectivity index (χ4v) is 1.99. The van der Waals surface area contributed by atoms with Gasteiger partial charge in [0.25, 0.3) is 0 Å². The van der Waals surface area contributed by atoms with Gasteiger partial charge in [-0.15, -0.1) is 0 Å². The summed E-state index contributed by atoms with van der Waals surface area (Å²) in [6.07, 6.45) is 0. The van der Waals surface area contributed by atoms with E-state index in [1.165, 1.54) is 11.1 Å². The number of ether oxygens (including phenoxy) is 1. The van der Waals surface area contributed by atoms with Crippen LogP contribution in [0.3, 0.4) is 0 Å². The van der Waals surface area contributed by atoms with E-state index in [2.05, 4.69) is 25.0 Å². The number of hydrogen-bond acceptors (Lipinski definition) is 3. The number of benzene rings is 1. The van der Waals surface area contributed by atoms with Crippen LogP contribution in [0.2, 0.25) is 0 Å². The van der Waals surface area contributed by atoms with Crippen LogP contribution < -0.4 is 10.5 Å². The molecule has 96 valence electrons. The fraction of sp³-hybridized carbons (Fsp3) is 0.357. The second kappa shape index (κ2) is 4.82. The Bertz CT molecular complexity index is 573. The van der Waals surface area contributed by atoms with Crippen molar-refractivity contribution in [3.05, 3.63) is 35.0 Å². The molecule has 2 rings (SSSR count). The standard InChI is InChI=1S/C14H19N3O/c1-9-5-12(14(18-4)6-10(9)2)13-7-11(8-15)17(3)16-13/h5-7H,8,15H2,1-4H3. The zero-order valence-electron chi connectivity index (χ0n) is 11.3. The van der Waals surface area contributed by atoms with Gasteiger partial charge >= 0.3 is 0 Å². The molecular weight excluding hydrogens is 226 g/mol. The Morgan fingerprint density at radius 1 is 1.22 bits per heavy atom. The van der Waals surface area contributed by atoms with Crippen molar-refractivity contribution in [3.8, 4) is 17.0 Å². The third kappa shape index (κ3) is 2.11. The van der Waals surface area contributed by atoms with Crippen LogP contribution >= 0.6 is 0 Å². The van der Waals surface area contributed by atoms with Crippen molar-refractivity contribution in [2.24, 2.45) is 12.8 Å². The molecule has 0 fully saturated rings. The van der Waals surface area contributed by atoms with Crippen molar-refractivity contribution in [1.82, 2.24) is 9.78 Å². The van der Waals surface area contributed by atoms with Crippen LogP contribution in [0.5, 0.6) is 5.75 Å². The van der Waals surface area contributed by atoms with Gasteiger partial charge in [0.05, 0.1) is 18.5 Å². The Morgan fingerprint density at radius 3 is 2.44 bits per heavy atom. The van der Waals surface area contributed by atoms with Gasteiger partial charge in [-0.1, -0.05) is 0 Å². The molecule has 1 heterocycles. The monoisotopic (exact) mass is 245 g/mol. The van der Waals surface area contributed by atoms with Crippen molar-refractivity contribution in [2.75, 3.05) is 7.11 Å². The Hall–Kier alpha value is -1.81. The maximum atomic E-state index is 5.67. The molecule has 2 aromatic rings. The molecular formula is C14H19N3O. The van der Waals surface area contributed by atoms with E-state index in [9.17, 15) is 0 Å². The molecule has 4 heteroatoms. The van der Waals surface area contributed by atoms with E-state index in [0.29, 0.717) is 6.54 Å². The van der Waals surface area contributed by atoms with Crippen molar-refractivity contribution >= 4 is 0 Å². The molecule has 0 aliphatic carbocycles. The molecule has 0 saturated heterocycles. The van der Waals surface area contributed by atoms with Gasteiger partial charge < -0.3 is 10.5 Å². The summed E-state index contributed by atoms with van der Waals surface area (Å²) in [5.41, 5.74) is 11.0. The number of nitrogens with two attached hydrogens (primary N) is 1. The number of hydrogen-bond donors (Lipinski definition) is 1. The highest BCUT2D eigenvalue weighted by atomic mass is 16.5. The van der Waals surface area contributed by atoms with E-state index in [1.54, 1.807) is 7.11 Å². The second-order valence-corrected chi connectivity index (χ2v) is 4.49. The first kappa shape index (κ1) is 12.6. The normalized spacial score (nSPS) is 10.7. The van der Waals surface area contributed by atoms with Crippen LogP contribution in [-0.2, 0) is 13.6 Å². The molecule has 2 N–H and O–H groups in total. The number of rotatable bonds is 3. The molecule has 0 aliphatic heterocycles. The first-order valence-electron chi connectivity index (χ1n) is 5.95. The molecule has 0 aliphatic rings. The van der Waals surface area contributed by atoms with Crippen LogP contribution in [0.25, 0.3) is 11.3 Å². The van der Waals surface area contributed by atoms with Crippen LogP contribution in [0.15, 0.2) is 18.2 Å². The maximum Gasteiger partial charge on any atom is 0.128 e.